The van der Waals surface area contributed by atoms with Gasteiger partial charge >= 0.3 is 12.1 Å². The zero-order valence-electron chi connectivity index (χ0n) is 24.8. The highest BCUT2D eigenvalue weighted by atomic mass is 32.2. The van der Waals surface area contributed by atoms with E-state index in [0.29, 0.717) is 55.9 Å². The summed E-state index contributed by atoms with van der Waals surface area (Å²) in [5, 5.41) is 19.9. The molecule has 1 unspecified atom stereocenters. The van der Waals surface area contributed by atoms with E-state index in [0.717, 1.165) is 6.42 Å². The molecule has 3 aromatic rings. The summed E-state index contributed by atoms with van der Waals surface area (Å²) in [5.74, 6) is -1.29. The van der Waals surface area contributed by atoms with Gasteiger partial charge in [0, 0.05) is 24.8 Å². The van der Waals surface area contributed by atoms with Crippen molar-refractivity contribution in [2.75, 3.05) is 26.2 Å². The van der Waals surface area contributed by atoms with Crippen LogP contribution in [-0.2, 0) is 21.2 Å². The van der Waals surface area contributed by atoms with Crippen molar-refractivity contribution in [1.82, 2.24) is 34.5 Å². The summed E-state index contributed by atoms with van der Waals surface area (Å²) in [6.45, 7) is 9.27. The number of hydrogen-bond acceptors (Lipinski definition) is 10. The van der Waals surface area contributed by atoms with E-state index >= 15 is 0 Å². The van der Waals surface area contributed by atoms with Crippen molar-refractivity contribution < 1.29 is 36.6 Å². The Bertz CT molecular complexity index is 1680. The molecule has 0 aromatic carbocycles. The number of aromatic carboxylic acids is 1. The second-order valence-corrected chi connectivity index (χ2v) is 15.1. The van der Waals surface area contributed by atoms with Crippen molar-refractivity contribution in [3.8, 4) is 10.8 Å². The summed E-state index contributed by atoms with van der Waals surface area (Å²) in [6.07, 6.45) is 0.369. The lowest BCUT2D eigenvalue weighted by Crippen LogP contribution is -2.36. The Kier molecular flexibility index (Phi) is 8.69. The normalized spacial score (nSPS) is 18.3. The molecule has 1 aliphatic carbocycles. The average Bonchev–Trinajstić information content (AvgIpc) is 3.34. The molecule has 0 spiro atoms. The predicted octanol–water partition coefficient (Wildman–Crippen LogP) is 3.71. The molecule has 44 heavy (non-hydrogen) atoms. The molecule has 0 radical (unpaired) electrons. The molecule has 1 amide bonds. The molecular formula is C27H35F2N7O6S2. The van der Waals surface area contributed by atoms with Crippen LogP contribution in [0.1, 0.15) is 74.4 Å². The Morgan fingerprint density at radius 1 is 1.27 bits per heavy atom. The van der Waals surface area contributed by atoms with Crippen molar-refractivity contribution in [3.63, 3.8) is 0 Å². The molecule has 3 aromatic heterocycles. The first-order chi connectivity index (χ1) is 20.6. The highest BCUT2D eigenvalue weighted by Gasteiger charge is 2.41. The third kappa shape index (κ3) is 7.16. The predicted molar refractivity (Wildman–Crippen MR) is 156 cm³/mol. The number of likely N-dealkylation sites (tertiary alicyclic amines) is 1. The van der Waals surface area contributed by atoms with Gasteiger partial charge in [0.25, 0.3) is 6.43 Å². The second kappa shape index (κ2) is 11.9. The average molecular weight is 656 g/mol. The second-order valence-electron chi connectivity index (χ2n) is 12.5. The first-order valence-electron chi connectivity index (χ1n) is 14.2. The van der Waals surface area contributed by atoms with E-state index < -0.39 is 38.6 Å². The van der Waals surface area contributed by atoms with E-state index in [-0.39, 0.29) is 45.4 Å². The van der Waals surface area contributed by atoms with E-state index in [9.17, 15) is 31.9 Å². The number of hydrogen-bond donors (Lipinski definition) is 3. The van der Waals surface area contributed by atoms with Crippen LogP contribution in [0.4, 0.5) is 13.6 Å². The Labute approximate surface area is 257 Å². The van der Waals surface area contributed by atoms with Crippen molar-refractivity contribution in [2.45, 2.75) is 75.8 Å². The number of sulfonamides is 1. The van der Waals surface area contributed by atoms with Crippen molar-refractivity contribution in [2.24, 2.45) is 5.92 Å². The zero-order chi connectivity index (χ0) is 32.0. The number of imidazole rings is 1. The van der Waals surface area contributed by atoms with Gasteiger partial charge in [-0.2, -0.15) is 0 Å². The van der Waals surface area contributed by atoms with Crippen LogP contribution in [0.15, 0.2) is 17.2 Å². The lowest BCUT2D eigenvalue weighted by molar-refractivity contribution is 0.0288. The highest BCUT2D eigenvalue weighted by Crippen LogP contribution is 2.37. The standard InChI is InChI=1S/C27H35F2N7O6S2/c1-26(2,3)42-25(39)35-10-6-15(13-35)12-30-9-5-16-11-17(44(40,41)34-27(4)7-8-27)14-36-19(16)18(24(37)38)31-21(36)23-33-32-22(43-23)20(28)29/h11,14-15,20,30,34H,5-10,12-13H2,1-4H3,(H,37,38). The van der Waals surface area contributed by atoms with E-state index in [1.165, 1.54) is 16.7 Å². The fourth-order valence-electron chi connectivity index (χ4n) is 5.01. The molecule has 17 heteroatoms. The first-order valence-corrected chi connectivity index (χ1v) is 16.5. The monoisotopic (exact) mass is 655 g/mol. The van der Waals surface area contributed by atoms with Crippen LogP contribution in [0.3, 0.4) is 0 Å². The molecule has 2 fully saturated rings. The van der Waals surface area contributed by atoms with Crippen LogP contribution in [0.25, 0.3) is 16.3 Å². The summed E-state index contributed by atoms with van der Waals surface area (Å²) >= 11 is 0.551. The summed E-state index contributed by atoms with van der Waals surface area (Å²) in [4.78, 5) is 30.4. The van der Waals surface area contributed by atoms with Crippen molar-refractivity contribution in [3.05, 3.63) is 28.5 Å². The molecule has 4 heterocycles. The molecule has 5 rings (SSSR count). The minimum atomic E-state index is -4.03. The van der Waals surface area contributed by atoms with E-state index in [1.807, 2.05) is 20.8 Å². The van der Waals surface area contributed by atoms with E-state index in [1.54, 1.807) is 11.8 Å². The van der Waals surface area contributed by atoms with Crippen LogP contribution in [-0.4, -0.2) is 87.4 Å². The molecule has 2 aliphatic rings. The molecule has 1 aliphatic heterocycles. The van der Waals surface area contributed by atoms with Gasteiger partial charge < -0.3 is 20.1 Å². The molecule has 240 valence electrons. The number of carboxylic acids is 1. The van der Waals surface area contributed by atoms with E-state index in [2.05, 4.69) is 25.2 Å². The zero-order valence-corrected chi connectivity index (χ0v) is 26.4. The van der Waals surface area contributed by atoms with Gasteiger partial charge in [-0.1, -0.05) is 11.3 Å². The number of fused-ring (bicyclic) bond motifs is 1. The van der Waals surface area contributed by atoms with Crippen molar-refractivity contribution in [1.29, 1.82) is 0 Å². The largest absolute Gasteiger partial charge is 0.476 e. The number of ether oxygens (including phenoxy) is 1. The maximum Gasteiger partial charge on any atom is 0.410 e. The van der Waals surface area contributed by atoms with Crippen LogP contribution in [0.5, 0.6) is 0 Å². The Hall–Kier alpha value is -3.28. The Morgan fingerprint density at radius 2 is 2.00 bits per heavy atom. The van der Waals surface area contributed by atoms with E-state index in [4.69, 9.17) is 4.74 Å². The van der Waals surface area contributed by atoms with Gasteiger partial charge in [-0.25, -0.2) is 36.5 Å². The number of pyridine rings is 1. The van der Waals surface area contributed by atoms with Gasteiger partial charge in [-0.05, 0) is 84.0 Å². The maximum absolute atomic E-state index is 13.4. The highest BCUT2D eigenvalue weighted by molar-refractivity contribution is 7.89. The number of nitrogens with zero attached hydrogens (tertiary/aromatic N) is 5. The third-order valence-electron chi connectivity index (χ3n) is 7.44. The minimum absolute atomic E-state index is 0.0701. The van der Waals surface area contributed by atoms with Gasteiger partial charge in [-0.15, -0.1) is 10.2 Å². The Morgan fingerprint density at radius 3 is 2.61 bits per heavy atom. The molecule has 1 atom stereocenters. The number of alkyl halides is 2. The van der Waals surface area contributed by atoms with Gasteiger partial charge in [0.05, 0.1) is 10.4 Å². The molecule has 0 bridgehead atoms. The molecular weight excluding hydrogens is 620 g/mol. The van der Waals surface area contributed by atoms with Gasteiger partial charge in [0.15, 0.2) is 21.5 Å². The lowest BCUT2D eigenvalue weighted by Gasteiger charge is -2.24. The van der Waals surface area contributed by atoms with Crippen molar-refractivity contribution >= 4 is 38.9 Å². The number of carbonyl (C=O) groups is 2. The maximum atomic E-state index is 13.4. The molecule has 1 saturated carbocycles. The SMILES string of the molecule is CC1(NS(=O)(=O)c2cc(CCNCC3CCN(C(=O)OC(C)(C)C)C3)c3c(C(=O)O)nc(-c4nnc(C(F)F)s4)n3c2)CC1. The fraction of sp³-hybridized carbons (Fsp3) is 0.593. The summed E-state index contributed by atoms with van der Waals surface area (Å²) in [6, 6.07) is 1.42. The molecule has 1 saturated heterocycles. The number of aromatic nitrogens is 4. The summed E-state index contributed by atoms with van der Waals surface area (Å²) in [7, 11) is -4.03. The number of halogens is 2. The fourth-order valence-corrected chi connectivity index (χ4v) is 7.21. The third-order valence-corrected chi connectivity index (χ3v) is 9.97. The number of amides is 1. The number of carbonyl (C=O) groups excluding carboxylic acids is 1. The van der Waals surface area contributed by atoms with Crippen LogP contribution >= 0.6 is 11.3 Å². The summed E-state index contributed by atoms with van der Waals surface area (Å²) in [5.41, 5.74) is -0.997. The van der Waals surface area contributed by atoms with Gasteiger partial charge in [-0.3, -0.25) is 4.40 Å². The van der Waals surface area contributed by atoms with Crippen LogP contribution in [0, 0.1) is 5.92 Å². The number of carboxylic acid groups (broad SMARTS) is 1. The number of nitrogens with one attached hydrogen (secondary N) is 2. The summed E-state index contributed by atoms with van der Waals surface area (Å²) < 4.78 is 62.8. The molecule has 13 nitrogen and oxygen atoms in total. The topological polar surface area (TPSA) is 168 Å². The lowest BCUT2D eigenvalue weighted by atomic mass is 10.1. The number of rotatable bonds is 11. The van der Waals surface area contributed by atoms with Gasteiger partial charge in [0.2, 0.25) is 10.0 Å². The smallest absolute Gasteiger partial charge is 0.410 e. The quantitative estimate of drug-likeness (QED) is 0.259. The minimum Gasteiger partial charge on any atom is -0.476 e. The molecule has 3 N–H and O–H groups in total. The first kappa shape index (κ1) is 32.1. The van der Waals surface area contributed by atoms with Gasteiger partial charge in [0.1, 0.15) is 5.60 Å². The van der Waals surface area contributed by atoms with Crippen LogP contribution in [0.2, 0.25) is 0 Å². The van der Waals surface area contributed by atoms with Crippen LogP contribution < -0.4 is 10.0 Å². The Balaban J connectivity index is 1.41.